The van der Waals surface area contributed by atoms with E-state index in [1.807, 2.05) is 19.1 Å². The Morgan fingerprint density at radius 1 is 1.64 bits per heavy atom. The van der Waals surface area contributed by atoms with Crippen LogP contribution in [0.15, 0.2) is 24.5 Å². The lowest BCUT2D eigenvalue weighted by atomic mass is 10.2. The van der Waals surface area contributed by atoms with E-state index in [4.69, 9.17) is 4.74 Å². The first-order valence-corrected chi connectivity index (χ1v) is 4.65. The third-order valence-corrected chi connectivity index (χ3v) is 2.32. The van der Waals surface area contributed by atoms with Crippen molar-refractivity contribution in [1.29, 1.82) is 0 Å². The van der Waals surface area contributed by atoms with Crippen LogP contribution in [0, 0.1) is 0 Å². The minimum Gasteiger partial charge on any atom is -0.449 e. The maximum Gasteiger partial charge on any atom is 0.414 e. The maximum absolute atomic E-state index is 11.5. The first kappa shape index (κ1) is 8.99. The van der Waals surface area contributed by atoms with Crippen LogP contribution in [0.25, 0.3) is 0 Å². The molecule has 1 atom stereocenters. The number of aromatic nitrogens is 1. The molecule has 1 aromatic rings. The molecule has 1 amide bonds. The Bertz CT molecular complexity index is 326. The third kappa shape index (κ3) is 1.55. The van der Waals surface area contributed by atoms with Crippen LogP contribution in [0.2, 0.25) is 0 Å². The normalized spacial score (nSPS) is 21.9. The number of nitrogens with zero attached hydrogens (tertiary/aromatic N) is 2. The summed E-state index contributed by atoms with van der Waals surface area (Å²) in [5.41, 5.74) is 0.796. The molecule has 0 radical (unpaired) electrons. The van der Waals surface area contributed by atoms with Gasteiger partial charge >= 0.3 is 6.09 Å². The molecule has 1 fully saturated rings. The highest BCUT2D eigenvalue weighted by Crippen LogP contribution is 2.21. The molecule has 0 aliphatic carbocycles. The average Bonchev–Trinajstić information content (AvgIpc) is 2.19. The monoisotopic (exact) mass is 192 g/mol. The van der Waals surface area contributed by atoms with Gasteiger partial charge in [0.1, 0.15) is 0 Å². The van der Waals surface area contributed by atoms with E-state index in [1.54, 1.807) is 17.3 Å². The SMILES string of the molecule is CC1CCOC(=O)N1c1cccnc1. The first-order chi connectivity index (χ1) is 6.79. The Hall–Kier alpha value is -1.58. The Morgan fingerprint density at radius 3 is 3.14 bits per heavy atom. The van der Waals surface area contributed by atoms with Crippen molar-refractivity contribution in [3.8, 4) is 0 Å². The smallest absolute Gasteiger partial charge is 0.414 e. The van der Waals surface area contributed by atoms with Gasteiger partial charge in [-0.25, -0.2) is 4.79 Å². The van der Waals surface area contributed by atoms with E-state index in [2.05, 4.69) is 4.98 Å². The molecule has 4 heteroatoms. The summed E-state index contributed by atoms with van der Waals surface area (Å²) in [5, 5.41) is 0. The molecule has 14 heavy (non-hydrogen) atoms. The van der Waals surface area contributed by atoms with Crippen molar-refractivity contribution >= 4 is 11.8 Å². The number of anilines is 1. The zero-order chi connectivity index (χ0) is 9.97. The summed E-state index contributed by atoms with van der Waals surface area (Å²) in [4.78, 5) is 17.1. The molecule has 4 nitrogen and oxygen atoms in total. The second kappa shape index (κ2) is 3.65. The minimum atomic E-state index is -0.281. The number of carbonyl (C=O) groups excluding carboxylic acids is 1. The van der Waals surface area contributed by atoms with Gasteiger partial charge in [-0.3, -0.25) is 9.88 Å². The summed E-state index contributed by atoms with van der Waals surface area (Å²) in [6.07, 6.45) is 3.93. The van der Waals surface area contributed by atoms with Gasteiger partial charge in [0, 0.05) is 18.7 Å². The predicted octanol–water partition coefficient (Wildman–Crippen LogP) is 1.82. The van der Waals surface area contributed by atoms with E-state index in [1.165, 1.54) is 0 Å². The second-order valence-electron chi connectivity index (χ2n) is 3.33. The number of ether oxygens (including phenoxy) is 1. The molecule has 1 aliphatic heterocycles. The van der Waals surface area contributed by atoms with Crippen LogP contribution in [-0.2, 0) is 4.74 Å². The van der Waals surface area contributed by atoms with Crippen molar-refractivity contribution in [2.45, 2.75) is 19.4 Å². The molecule has 1 unspecified atom stereocenters. The van der Waals surface area contributed by atoms with Gasteiger partial charge in [-0.15, -0.1) is 0 Å². The molecule has 0 N–H and O–H groups in total. The number of carbonyl (C=O) groups is 1. The van der Waals surface area contributed by atoms with Crippen LogP contribution in [0.4, 0.5) is 10.5 Å². The van der Waals surface area contributed by atoms with E-state index in [9.17, 15) is 4.79 Å². The molecule has 1 saturated heterocycles. The summed E-state index contributed by atoms with van der Waals surface area (Å²) in [5.74, 6) is 0. The van der Waals surface area contributed by atoms with Crippen LogP contribution in [0.5, 0.6) is 0 Å². The van der Waals surface area contributed by atoms with E-state index in [-0.39, 0.29) is 12.1 Å². The Morgan fingerprint density at radius 2 is 2.50 bits per heavy atom. The van der Waals surface area contributed by atoms with Gasteiger partial charge in [-0.2, -0.15) is 0 Å². The van der Waals surface area contributed by atoms with Crippen LogP contribution in [0.3, 0.4) is 0 Å². The molecule has 0 bridgehead atoms. The zero-order valence-corrected chi connectivity index (χ0v) is 8.01. The predicted molar refractivity (Wildman–Crippen MR) is 52.1 cm³/mol. The van der Waals surface area contributed by atoms with E-state index in [0.29, 0.717) is 6.61 Å². The van der Waals surface area contributed by atoms with Crippen molar-refractivity contribution in [2.24, 2.45) is 0 Å². The van der Waals surface area contributed by atoms with Crippen molar-refractivity contribution in [3.05, 3.63) is 24.5 Å². The fourth-order valence-corrected chi connectivity index (χ4v) is 1.55. The standard InChI is InChI=1S/C10H12N2O2/c1-8-4-6-14-10(13)12(8)9-3-2-5-11-7-9/h2-3,5,7-8H,4,6H2,1H3. The molecule has 1 aromatic heterocycles. The van der Waals surface area contributed by atoms with Crippen LogP contribution in [0.1, 0.15) is 13.3 Å². The Balaban J connectivity index is 2.27. The summed E-state index contributed by atoms with van der Waals surface area (Å²) < 4.78 is 4.97. The van der Waals surface area contributed by atoms with Crippen molar-refractivity contribution in [1.82, 2.24) is 4.98 Å². The summed E-state index contributed by atoms with van der Waals surface area (Å²) >= 11 is 0. The van der Waals surface area contributed by atoms with Gasteiger partial charge in [0.15, 0.2) is 0 Å². The van der Waals surface area contributed by atoms with Gasteiger partial charge in [0.25, 0.3) is 0 Å². The largest absolute Gasteiger partial charge is 0.449 e. The molecule has 2 heterocycles. The third-order valence-electron chi connectivity index (χ3n) is 2.32. The van der Waals surface area contributed by atoms with Crippen molar-refractivity contribution in [2.75, 3.05) is 11.5 Å². The van der Waals surface area contributed by atoms with Gasteiger partial charge in [0.2, 0.25) is 0 Å². The Labute approximate surface area is 82.5 Å². The first-order valence-electron chi connectivity index (χ1n) is 4.65. The summed E-state index contributed by atoms with van der Waals surface area (Å²) in [7, 11) is 0. The quantitative estimate of drug-likeness (QED) is 0.681. The van der Waals surface area contributed by atoms with Crippen LogP contribution < -0.4 is 4.90 Å². The van der Waals surface area contributed by atoms with Crippen LogP contribution in [-0.4, -0.2) is 23.7 Å². The minimum absolute atomic E-state index is 0.181. The number of rotatable bonds is 1. The summed E-state index contributed by atoms with van der Waals surface area (Å²) in [6.45, 7) is 2.52. The van der Waals surface area contributed by atoms with E-state index < -0.39 is 0 Å². The van der Waals surface area contributed by atoms with Crippen LogP contribution >= 0.6 is 0 Å². The maximum atomic E-state index is 11.5. The molecule has 0 aromatic carbocycles. The number of amides is 1. The molecule has 1 aliphatic rings. The number of cyclic esters (lactones) is 1. The fraction of sp³-hybridized carbons (Fsp3) is 0.400. The highest BCUT2D eigenvalue weighted by molar-refractivity contribution is 5.88. The van der Waals surface area contributed by atoms with E-state index in [0.717, 1.165) is 12.1 Å². The molecular formula is C10H12N2O2. The van der Waals surface area contributed by atoms with Crippen molar-refractivity contribution < 1.29 is 9.53 Å². The highest BCUT2D eigenvalue weighted by Gasteiger charge is 2.27. The lowest BCUT2D eigenvalue weighted by molar-refractivity contribution is 0.131. The van der Waals surface area contributed by atoms with Gasteiger partial charge in [0.05, 0.1) is 18.5 Å². The number of pyridine rings is 1. The molecule has 74 valence electrons. The van der Waals surface area contributed by atoms with E-state index >= 15 is 0 Å². The fourth-order valence-electron chi connectivity index (χ4n) is 1.55. The number of hydrogen-bond donors (Lipinski definition) is 0. The molecular weight excluding hydrogens is 180 g/mol. The lowest BCUT2D eigenvalue weighted by Crippen LogP contribution is -2.44. The average molecular weight is 192 g/mol. The molecule has 0 saturated carbocycles. The molecule has 2 rings (SSSR count). The van der Waals surface area contributed by atoms with Gasteiger partial charge in [-0.05, 0) is 19.1 Å². The summed E-state index contributed by atoms with van der Waals surface area (Å²) in [6, 6.07) is 3.85. The van der Waals surface area contributed by atoms with Gasteiger partial charge < -0.3 is 4.74 Å². The topological polar surface area (TPSA) is 42.4 Å². The molecule has 0 spiro atoms. The van der Waals surface area contributed by atoms with Crippen molar-refractivity contribution in [3.63, 3.8) is 0 Å². The number of hydrogen-bond acceptors (Lipinski definition) is 3. The highest BCUT2D eigenvalue weighted by atomic mass is 16.6. The zero-order valence-electron chi connectivity index (χ0n) is 8.01. The lowest BCUT2D eigenvalue weighted by Gasteiger charge is -2.32. The van der Waals surface area contributed by atoms with Gasteiger partial charge in [-0.1, -0.05) is 0 Å². The Kier molecular flexibility index (Phi) is 2.35. The second-order valence-corrected chi connectivity index (χ2v) is 3.33.